The number of hydrogen-bond donors (Lipinski definition) is 2. The van der Waals surface area contributed by atoms with Gasteiger partial charge in [0.1, 0.15) is 11.6 Å². The van der Waals surface area contributed by atoms with Crippen LogP contribution in [-0.2, 0) is 7.05 Å². The lowest BCUT2D eigenvalue weighted by Gasteiger charge is -2.14. The second kappa shape index (κ2) is 6.59. The predicted molar refractivity (Wildman–Crippen MR) is 97.5 cm³/mol. The van der Waals surface area contributed by atoms with Crippen molar-refractivity contribution in [3.63, 3.8) is 0 Å². The Balaban J connectivity index is 2.29. The standard InChI is InChI=1S/C17H18ClN5O/c1-10-8-11(18)9-13-14(10)22-16(23(2)17(13)24)12-4-3-6-20-15(12)21-7-5-19/h3-4,6,8-9H,5,7,19H2,1-2H3,(H,20,21). The molecule has 3 rings (SSSR count). The van der Waals surface area contributed by atoms with Gasteiger partial charge in [0.25, 0.3) is 5.56 Å². The Morgan fingerprint density at radius 3 is 2.92 bits per heavy atom. The minimum atomic E-state index is -0.144. The zero-order valence-corrected chi connectivity index (χ0v) is 14.3. The monoisotopic (exact) mass is 343 g/mol. The van der Waals surface area contributed by atoms with Gasteiger partial charge in [-0.2, -0.15) is 0 Å². The van der Waals surface area contributed by atoms with Crippen molar-refractivity contribution >= 4 is 28.3 Å². The fourth-order valence-corrected chi connectivity index (χ4v) is 2.94. The molecule has 0 radical (unpaired) electrons. The lowest BCUT2D eigenvalue weighted by Crippen LogP contribution is -2.21. The van der Waals surface area contributed by atoms with Crippen LogP contribution >= 0.6 is 11.6 Å². The quantitative estimate of drug-likeness (QED) is 0.759. The molecule has 6 nitrogen and oxygen atoms in total. The van der Waals surface area contributed by atoms with Gasteiger partial charge in [0, 0.05) is 31.4 Å². The Kier molecular flexibility index (Phi) is 4.51. The van der Waals surface area contributed by atoms with Crippen molar-refractivity contribution in [1.82, 2.24) is 14.5 Å². The fraction of sp³-hybridized carbons (Fsp3) is 0.235. The summed E-state index contributed by atoms with van der Waals surface area (Å²) in [5.74, 6) is 1.20. The number of anilines is 1. The Morgan fingerprint density at radius 2 is 2.17 bits per heavy atom. The van der Waals surface area contributed by atoms with Crippen LogP contribution < -0.4 is 16.6 Å². The van der Waals surface area contributed by atoms with Crippen molar-refractivity contribution in [3.8, 4) is 11.4 Å². The van der Waals surface area contributed by atoms with Gasteiger partial charge in [-0.05, 0) is 36.8 Å². The third kappa shape index (κ3) is 2.86. The Bertz CT molecular complexity index is 967. The Hall–Kier alpha value is -2.44. The minimum Gasteiger partial charge on any atom is -0.368 e. The van der Waals surface area contributed by atoms with E-state index >= 15 is 0 Å². The number of aromatic nitrogens is 3. The second-order valence-corrected chi connectivity index (χ2v) is 5.97. The summed E-state index contributed by atoms with van der Waals surface area (Å²) in [6.07, 6.45) is 1.69. The third-order valence-corrected chi connectivity index (χ3v) is 4.04. The van der Waals surface area contributed by atoms with Crippen LogP contribution in [0.25, 0.3) is 22.3 Å². The molecule has 124 valence electrons. The number of rotatable bonds is 4. The minimum absolute atomic E-state index is 0.144. The topological polar surface area (TPSA) is 85.8 Å². The maximum Gasteiger partial charge on any atom is 0.261 e. The van der Waals surface area contributed by atoms with E-state index in [9.17, 15) is 4.79 Å². The van der Waals surface area contributed by atoms with E-state index in [-0.39, 0.29) is 5.56 Å². The number of nitrogens with zero attached hydrogens (tertiary/aromatic N) is 3. The average Bonchev–Trinajstić information content (AvgIpc) is 2.57. The molecule has 2 heterocycles. The zero-order valence-electron chi connectivity index (χ0n) is 13.5. The molecule has 1 aromatic carbocycles. The van der Waals surface area contributed by atoms with Crippen LogP contribution in [0.5, 0.6) is 0 Å². The van der Waals surface area contributed by atoms with Gasteiger partial charge in [0.05, 0.1) is 16.5 Å². The molecule has 7 heteroatoms. The van der Waals surface area contributed by atoms with Crippen LogP contribution in [0.2, 0.25) is 5.02 Å². The summed E-state index contributed by atoms with van der Waals surface area (Å²) in [4.78, 5) is 21.8. The highest BCUT2D eigenvalue weighted by Crippen LogP contribution is 2.26. The normalized spacial score (nSPS) is 11.0. The molecular weight excluding hydrogens is 326 g/mol. The molecule has 2 aromatic heterocycles. The van der Waals surface area contributed by atoms with E-state index in [1.807, 2.05) is 19.1 Å². The van der Waals surface area contributed by atoms with Crippen LogP contribution in [0.15, 0.2) is 35.3 Å². The van der Waals surface area contributed by atoms with Gasteiger partial charge >= 0.3 is 0 Å². The summed E-state index contributed by atoms with van der Waals surface area (Å²) in [5, 5.41) is 4.20. The van der Waals surface area contributed by atoms with E-state index < -0.39 is 0 Å². The molecule has 0 spiro atoms. The van der Waals surface area contributed by atoms with E-state index in [1.54, 1.807) is 25.4 Å². The summed E-state index contributed by atoms with van der Waals surface area (Å²) in [5.41, 5.74) is 7.66. The highest BCUT2D eigenvalue weighted by Gasteiger charge is 2.15. The van der Waals surface area contributed by atoms with Crippen molar-refractivity contribution in [2.24, 2.45) is 12.8 Å². The number of fused-ring (bicyclic) bond motifs is 1. The van der Waals surface area contributed by atoms with Gasteiger partial charge in [-0.1, -0.05) is 11.6 Å². The molecule has 0 amide bonds. The number of benzene rings is 1. The Labute approximate surface area is 144 Å². The van der Waals surface area contributed by atoms with Crippen LogP contribution in [0, 0.1) is 6.92 Å². The SMILES string of the molecule is Cc1cc(Cl)cc2c(=O)n(C)c(-c3cccnc3NCCN)nc12. The van der Waals surface area contributed by atoms with E-state index in [0.29, 0.717) is 40.7 Å². The van der Waals surface area contributed by atoms with Crippen molar-refractivity contribution in [2.75, 3.05) is 18.4 Å². The zero-order chi connectivity index (χ0) is 17.3. The van der Waals surface area contributed by atoms with E-state index in [4.69, 9.17) is 22.3 Å². The van der Waals surface area contributed by atoms with Gasteiger partial charge < -0.3 is 11.1 Å². The summed E-state index contributed by atoms with van der Waals surface area (Å²) in [6, 6.07) is 7.15. The molecule has 3 aromatic rings. The molecule has 24 heavy (non-hydrogen) atoms. The number of hydrogen-bond acceptors (Lipinski definition) is 5. The molecule has 0 bridgehead atoms. The van der Waals surface area contributed by atoms with Crippen LogP contribution in [-0.4, -0.2) is 27.6 Å². The summed E-state index contributed by atoms with van der Waals surface area (Å²) < 4.78 is 1.52. The van der Waals surface area contributed by atoms with Crippen LogP contribution in [0.1, 0.15) is 5.56 Å². The first-order chi connectivity index (χ1) is 11.5. The first-order valence-electron chi connectivity index (χ1n) is 7.59. The number of halogens is 1. The second-order valence-electron chi connectivity index (χ2n) is 5.53. The van der Waals surface area contributed by atoms with Crippen molar-refractivity contribution < 1.29 is 0 Å². The number of aryl methyl sites for hydroxylation is 1. The van der Waals surface area contributed by atoms with Gasteiger partial charge in [-0.25, -0.2) is 9.97 Å². The summed E-state index contributed by atoms with van der Waals surface area (Å²) >= 11 is 6.08. The predicted octanol–water partition coefficient (Wildman–Crippen LogP) is 2.33. The highest BCUT2D eigenvalue weighted by atomic mass is 35.5. The molecule has 0 saturated carbocycles. The van der Waals surface area contributed by atoms with E-state index in [2.05, 4.69) is 10.3 Å². The largest absolute Gasteiger partial charge is 0.368 e. The molecule has 0 aliphatic rings. The van der Waals surface area contributed by atoms with E-state index in [0.717, 1.165) is 11.1 Å². The smallest absolute Gasteiger partial charge is 0.261 e. The van der Waals surface area contributed by atoms with Crippen LogP contribution in [0.4, 0.5) is 5.82 Å². The molecule has 0 atom stereocenters. The number of nitrogens with one attached hydrogen (secondary N) is 1. The van der Waals surface area contributed by atoms with Crippen molar-refractivity contribution in [1.29, 1.82) is 0 Å². The molecule has 0 saturated heterocycles. The molecular formula is C17H18ClN5O. The van der Waals surface area contributed by atoms with Gasteiger partial charge in [0.15, 0.2) is 0 Å². The molecule has 0 unspecified atom stereocenters. The molecule has 3 N–H and O–H groups in total. The summed E-state index contributed by atoms with van der Waals surface area (Å²) in [6.45, 7) is 2.96. The van der Waals surface area contributed by atoms with Crippen molar-refractivity contribution in [3.05, 3.63) is 51.4 Å². The first-order valence-corrected chi connectivity index (χ1v) is 7.97. The number of pyridine rings is 1. The number of nitrogens with two attached hydrogens (primary N) is 1. The van der Waals surface area contributed by atoms with Gasteiger partial charge in [-0.3, -0.25) is 9.36 Å². The Morgan fingerprint density at radius 1 is 1.38 bits per heavy atom. The first kappa shape index (κ1) is 16.4. The van der Waals surface area contributed by atoms with E-state index in [1.165, 1.54) is 4.57 Å². The van der Waals surface area contributed by atoms with Crippen LogP contribution in [0.3, 0.4) is 0 Å². The summed E-state index contributed by atoms with van der Waals surface area (Å²) in [7, 11) is 1.69. The highest BCUT2D eigenvalue weighted by molar-refractivity contribution is 6.31. The molecule has 0 aliphatic carbocycles. The fourth-order valence-electron chi connectivity index (χ4n) is 2.66. The maximum atomic E-state index is 12.8. The molecule has 0 aliphatic heterocycles. The van der Waals surface area contributed by atoms with Crippen molar-refractivity contribution in [2.45, 2.75) is 6.92 Å². The lowest BCUT2D eigenvalue weighted by atomic mass is 10.1. The maximum absolute atomic E-state index is 12.8. The lowest BCUT2D eigenvalue weighted by molar-refractivity contribution is 0.854. The van der Waals surface area contributed by atoms with Gasteiger partial charge in [-0.15, -0.1) is 0 Å². The van der Waals surface area contributed by atoms with Gasteiger partial charge in [0.2, 0.25) is 0 Å². The molecule has 0 fully saturated rings. The third-order valence-electron chi connectivity index (χ3n) is 3.82. The average molecular weight is 344 g/mol.